The first kappa shape index (κ1) is 28.1. The van der Waals surface area contributed by atoms with Gasteiger partial charge in [-0.3, -0.25) is 19.6 Å². The number of aryl methyl sites for hydroxylation is 3. The number of hydrogen-bond donors (Lipinski definition) is 4. The molecule has 37 heavy (non-hydrogen) atoms. The van der Waals surface area contributed by atoms with Crippen LogP contribution in [0.1, 0.15) is 59.7 Å². The summed E-state index contributed by atoms with van der Waals surface area (Å²) < 4.78 is 37.0. The standard InChI is InChI=1S/C23H34N8O5S/c1-5-10-30-20-17(27-23(30)28-22(33)18-12-15(3)29-31(18)6-2)13-16(21(24)32)14-19(20)36-11-8-7-9-26-37(34,35)25-4/h12-14,25-26H,5-11H2,1-4H3,(H2,24,32)(H,27,28,33). The second kappa shape index (κ2) is 12.2. The molecule has 5 N–H and O–H groups in total. The molecular weight excluding hydrogens is 500 g/mol. The van der Waals surface area contributed by atoms with Crippen molar-refractivity contribution >= 4 is 39.0 Å². The Hall–Kier alpha value is -3.49. The molecule has 0 bridgehead atoms. The number of nitrogens with one attached hydrogen (secondary N) is 3. The lowest BCUT2D eigenvalue weighted by molar-refractivity contribution is 0.0995. The summed E-state index contributed by atoms with van der Waals surface area (Å²) in [5, 5.41) is 7.21. The molecule has 1 aromatic carbocycles. The normalized spacial score (nSPS) is 11.7. The average Bonchev–Trinajstić information content (AvgIpc) is 3.41. The maximum absolute atomic E-state index is 13.1. The van der Waals surface area contributed by atoms with E-state index in [2.05, 4.69) is 24.8 Å². The van der Waals surface area contributed by atoms with Crippen LogP contribution < -0.4 is 25.2 Å². The predicted octanol–water partition coefficient (Wildman–Crippen LogP) is 1.54. The molecule has 0 atom stereocenters. The van der Waals surface area contributed by atoms with Gasteiger partial charge in [0.25, 0.3) is 16.1 Å². The molecule has 0 aliphatic carbocycles. The van der Waals surface area contributed by atoms with E-state index in [1.165, 1.54) is 7.05 Å². The first-order chi connectivity index (χ1) is 17.6. The first-order valence-corrected chi connectivity index (χ1v) is 13.6. The van der Waals surface area contributed by atoms with Crippen LogP contribution in [-0.4, -0.2) is 59.8 Å². The Bertz CT molecular complexity index is 1380. The van der Waals surface area contributed by atoms with Gasteiger partial charge in [-0.15, -0.1) is 0 Å². The first-order valence-electron chi connectivity index (χ1n) is 12.1. The lowest BCUT2D eigenvalue weighted by atomic mass is 10.1. The minimum atomic E-state index is -3.49. The summed E-state index contributed by atoms with van der Waals surface area (Å²) in [4.78, 5) is 29.6. The van der Waals surface area contributed by atoms with E-state index in [1.807, 2.05) is 25.3 Å². The second-order valence-electron chi connectivity index (χ2n) is 8.39. The summed E-state index contributed by atoms with van der Waals surface area (Å²) in [7, 11) is -2.16. The Morgan fingerprint density at radius 3 is 2.57 bits per heavy atom. The fourth-order valence-corrected chi connectivity index (χ4v) is 4.40. The lowest BCUT2D eigenvalue weighted by Gasteiger charge is -2.13. The molecule has 0 saturated carbocycles. The zero-order chi connectivity index (χ0) is 27.2. The van der Waals surface area contributed by atoms with E-state index in [0.717, 1.165) is 12.1 Å². The molecule has 0 radical (unpaired) electrons. The number of imidazole rings is 1. The number of hydrogen-bond acceptors (Lipinski definition) is 7. The number of amides is 2. The number of aromatic nitrogens is 4. The maximum atomic E-state index is 13.1. The summed E-state index contributed by atoms with van der Waals surface area (Å²) in [6.07, 6.45) is 1.85. The number of nitrogens with two attached hydrogens (primary N) is 1. The van der Waals surface area contributed by atoms with Gasteiger partial charge in [0.2, 0.25) is 11.9 Å². The highest BCUT2D eigenvalue weighted by molar-refractivity contribution is 7.87. The van der Waals surface area contributed by atoms with Gasteiger partial charge >= 0.3 is 0 Å². The van der Waals surface area contributed by atoms with Crippen molar-refractivity contribution in [2.75, 3.05) is 25.5 Å². The molecule has 13 nitrogen and oxygen atoms in total. The van der Waals surface area contributed by atoms with Gasteiger partial charge in [-0.2, -0.15) is 13.5 Å². The molecule has 2 heterocycles. The van der Waals surface area contributed by atoms with Gasteiger partial charge < -0.3 is 15.0 Å². The average molecular weight is 535 g/mol. The van der Waals surface area contributed by atoms with Gasteiger partial charge in [0.1, 0.15) is 17.0 Å². The number of unbranched alkanes of at least 4 members (excludes halogenated alkanes) is 1. The molecule has 3 rings (SSSR count). The minimum Gasteiger partial charge on any atom is -0.491 e. The van der Waals surface area contributed by atoms with E-state index in [4.69, 9.17) is 10.5 Å². The highest BCUT2D eigenvalue weighted by atomic mass is 32.2. The van der Waals surface area contributed by atoms with Gasteiger partial charge in [0.05, 0.1) is 17.8 Å². The summed E-state index contributed by atoms with van der Waals surface area (Å²) in [6, 6.07) is 4.84. The van der Waals surface area contributed by atoms with Crippen LogP contribution in [0.25, 0.3) is 11.0 Å². The van der Waals surface area contributed by atoms with Crippen molar-refractivity contribution in [3.8, 4) is 5.75 Å². The fraction of sp³-hybridized carbons (Fsp3) is 0.478. The van der Waals surface area contributed by atoms with Gasteiger partial charge in [0.15, 0.2) is 0 Å². The van der Waals surface area contributed by atoms with Crippen molar-refractivity contribution in [1.29, 1.82) is 0 Å². The highest BCUT2D eigenvalue weighted by Crippen LogP contribution is 2.31. The van der Waals surface area contributed by atoms with Crippen LogP contribution in [0.5, 0.6) is 5.75 Å². The molecule has 0 spiro atoms. The number of rotatable bonds is 14. The smallest absolute Gasteiger partial charge is 0.276 e. The van der Waals surface area contributed by atoms with Crippen molar-refractivity contribution in [2.45, 2.75) is 53.1 Å². The van der Waals surface area contributed by atoms with E-state index < -0.39 is 16.1 Å². The zero-order valence-corrected chi connectivity index (χ0v) is 22.3. The number of primary amides is 1. The lowest BCUT2D eigenvalue weighted by Crippen LogP contribution is -2.34. The van der Waals surface area contributed by atoms with Crippen LogP contribution >= 0.6 is 0 Å². The van der Waals surface area contributed by atoms with Crippen LogP contribution in [0.3, 0.4) is 0 Å². The molecule has 0 fully saturated rings. The van der Waals surface area contributed by atoms with Gasteiger partial charge in [-0.1, -0.05) is 6.92 Å². The van der Waals surface area contributed by atoms with Crippen molar-refractivity contribution in [1.82, 2.24) is 28.8 Å². The molecule has 2 aromatic heterocycles. The minimum absolute atomic E-state index is 0.225. The van der Waals surface area contributed by atoms with E-state index in [9.17, 15) is 18.0 Å². The molecule has 3 aromatic rings. The quantitative estimate of drug-likeness (QED) is 0.227. The van der Waals surface area contributed by atoms with Crippen LogP contribution in [0.15, 0.2) is 18.2 Å². The number of fused-ring (bicyclic) bond motifs is 1. The predicted molar refractivity (Wildman–Crippen MR) is 140 cm³/mol. The third-order valence-electron chi connectivity index (χ3n) is 5.59. The third kappa shape index (κ3) is 6.84. The van der Waals surface area contributed by atoms with Crippen LogP contribution in [-0.2, 0) is 23.3 Å². The van der Waals surface area contributed by atoms with E-state index in [-0.39, 0.29) is 24.6 Å². The molecule has 0 saturated heterocycles. The number of ether oxygens (including phenoxy) is 1. The molecule has 0 aliphatic heterocycles. The molecule has 2 amide bonds. The van der Waals surface area contributed by atoms with Crippen molar-refractivity contribution in [2.24, 2.45) is 5.73 Å². The van der Waals surface area contributed by atoms with Crippen molar-refractivity contribution < 1.29 is 22.7 Å². The molecule has 14 heteroatoms. The summed E-state index contributed by atoms with van der Waals surface area (Å²) in [5.74, 6) is -0.266. The third-order valence-corrected chi connectivity index (χ3v) is 6.71. The number of nitrogens with zero attached hydrogens (tertiary/aromatic N) is 4. The van der Waals surface area contributed by atoms with E-state index >= 15 is 0 Å². The van der Waals surface area contributed by atoms with Gasteiger partial charge in [-0.25, -0.2) is 14.4 Å². The van der Waals surface area contributed by atoms with Crippen LogP contribution in [0, 0.1) is 6.92 Å². The maximum Gasteiger partial charge on any atom is 0.276 e. The number of carbonyl (C=O) groups excluding carboxylic acids is 2. The SMILES string of the molecule is CCCn1c(NC(=O)c2cc(C)nn2CC)nc2cc(C(N)=O)cc(OCCCCNS(=O)(=O)NC)c21. The zero-order valence-electron chi connectivity index (χ0n) is 21.5. The largest absolute Gasteiger partial charge is 0.491 e. The van der Waals surface area contributed by atoms with Crippen molar-refractivity contribution in [3.63, 3.8) is 0 Å². The Labute approximate surface area is 215 Å². The van der Waals surface area contributed by atoms with Gasteiger partial charge in [0, 0.05) is 32.2 Å². The van der Waals surface area contributed by atoms with Crippen LogP contribution in [0.2, 0.25) is 0 Å². The highest BCUT2D eigenvalue weighted by Gasteiger charge is 2.21. The Kier molecular flexibility index (Phi) is 9.23. The Morgan fingerprint density at radius 2 is 1.92 bits per heavy atom. The van der Waals surface area contributed by atoms with Crippen LogP contribution in [0.4, 0.5) is 5.95 Å². The number of benzene rings is 1. The van der Waals surface area contributed by atoms with E-state index in [1.54, 1.807) is 22.9 Å². The Balaban J connectivity index is 1.88. The topological polar surface area (TPSA) is 175 Å². The molecule has 202 valence electrons. The number of carbonyl (C=O) groups is 2. The van der Waals surface area contributed by atoms with Gasteiger partial charge in [-0.05, 0) is 51.3 Å². The summed E-state index contributed by atoms with van der Waals surface area (Å²) in [6.45, 7) is 7.32. The Morgan fingerprint density at radius 1 is 1.16 bits per heavy atom. The van der Waals surface area contributed by atoms with Crippen molar-refractivity contribution in [3.05, 3.63) is 35.2 Å². The fourth-order valence-electron chi connectivity index (χ4n) is 3.84. The summed E-state index contributed by atoms with van der Waals surface area (Å²) >= 11 is 0. The summed E-state index contributed by atoms with van der Waals surface area (Å²) in [5.41, 5.74) is 7.99. The molecule has 0 unspecified atom stereocenters. The van der Waals surface area contributed by atoms with E-state index in [0.29, 0.717) is 54.4 Å². The molecule has 0 aliphatic rings. The number of anilines is 1. The molecular formula is C23H34N8O5S. The second-order valence-corrected chi connectivity index (χ2v) is 10.1. The monoisotopic (exact) mass is 534 g/mol.